The number of halogens is 1. The summed E-state index contributed by atoms with van der Waals surface area (Å²) in [7, 11) is 0. The summed E-state index contributed by atoms with van der Waals surface area (Å²) >= 11 is 5.89. The molecular weight excluding hydrogens is 350 g/mol. The second-order valence-electron chi connectivity index (χ2n) is 5.93. The number of nitrogens with one attached hydrogen (secondary N) is 2. The van der Waals surface area contributed by atoms with Gasteiger partial charge in [0.1, 0.15) is 0 Å². The fourth-order valence-corrected chi connectivity index (χ4v) is 2.91. The van der Waals surface area contributed by atoms with E-state index in [9.17, 15) is 9.59 Å². The first-order chi connectivity index (χ1) is 12.5. The first kappa shape index (κ1) is 17.8. The fraction of sp³-hybridized carbons (Fsp3) is 0.100. The fourth-order valence-electron chi connectivity index (χ4n) is 2.78. The van der Waals surface area contributed by atoms with Crippen molar-refractivity contribution >= 4 is 40.0 Å². The van der Waals surface area contributed by atoms with E-state index >= 15 is 0 Å². The number of fused-ring (bicyclic) bond motifs is 1. The molecule has 26 heavy (non-hydrogen) atoms. The van der Waals surface area contributed by atoms with E-state index in [1.165, 1.54) is 0 Å². The smallest absolute Gasteiger partial charge is 0.312 e. The van der Waals surface area contributed by atoms with Gasteiger partial charge in [-0.15, -0.1) is 0 Å². The van der Waals surface area contributed by atoms with Gasteiger partial charge in [-0.3, -0.25) is 4.79 Å². The van der Waals surface area contributed by atoms with Crippen LogP contribution in [0.3, 0.4) is 0 Å². The summed E-state index contributed by atoms with van der Waals surface area (Å²) in [6.45, 7) is 0. The quantitative estimate of drug-likeness (QED) is 0.630. The van der Waals surface area contributed by atoms with Crippen LogP contribution in [-0.4, -0.2) is 11.9 Å². The normalized spacial score (nSPS) is 11.7. The van der Waals surface area contributed by atoms with Crippen LogP contribution in [0.4, 0.5) is 10.5 Å². The molecule has 0 fully saturated rings. The average molecular weight is 368 g/mol. The second kappa shape index (κ2) is 7.89. The number of urea groups is 1. The largest absolute Gasteiger partial charge is 0.352 e. The number of amides is 3. The van der Waals surface area contributed by atoms with E-state index in [0.29, 0.717) is 10.7 Å². The molecule has 0 aromatic heterocycles. The maximum absolute atomic E-state index is 12.5. The highest BCUT2D eigenvalue weighted by Crippen LogP contribution is 2.22. The van der Waals surface area contributed by atoms with Gasteiger partial charge in [-0.05, 0) is 40.6 Å². The van der Waals surface area contributed by atoms with Crippen molar-refractivity contribution in [3.05, 3.63) is 77.3 Å². The molecule has 3 aromatic rings. The molecule has 0 bridgehead atoms. The summed E-state index contributed by atoms with van der Waals surface area (Å²) < 4.78 is 0. The van der Waals surface area contributed by atoms with Crippen molar-refractivity contribution in [2.75, 3.05) is 5.32 Å². The van der Waals surface area contributed by atoms with E-state index in [1.54, 1.807) is 24.3 Å². The van der Waals surface area contributed by atoms with Crippen molar-refractivity contribution in [1.29, 1.82) is 0 Å². The summed E-state index contributed by atoms with van der Waals surface area (Å²) in [5, 5.41) is 8.17. The summed E-state index contributed by atoms with van der Waals surface area (Å²) in [5.74, 6) is -0.228. The zero-order valence-electron chi connectivity index (χ0n) is 13.9. The molecule has 3 rings (SSSR count). The Labute approximate surface area is 156 Å². The Hall–Kier alpha value is -3.05. The number of rotatable bonds is 5. The van der Waals surface area contributed by atoms with Crippen LogP contribution in [-0.2, 0) is 4.79 Å². The zero-order chi connectivity index (χ0) is 18.5. The molecule has 0 aliphatic rings. The molecule has 6 heteroatoms. The highest BCUT2D eigenvalue weighted by molar-refractivity contribution is 6.30. The topological polar surface area (TPSA) is 84.2 Å². The first-order valence-electron chi connectivity index (χ1n) is 8.11. The van der Waals surface area contributed by atoms with Crippen LogP contribution >= 0.6 is 11.6 Å². The number of carbonyl (C=O) groups excluding carboxylic acids is 2. The molecule has 4 N–H and O–H groups in total. The van der Waals surface area contributed by atoms with Gasteiger partial charge in [0.2, 0.25) is 5.91 Å². The minimum absolute atomic E-state index is 0.0530. The Morgan fingerprint density at radius 2 is 1.65 bits per heavy atom. The summed E-state index contributed by atoms with van der Waals surface area (Å²) in [5.41, 5.74) is 6.69. The number of hydrogen-bond acceptors (Lipinski definition) is 2. The summed E-state index contributed by atoms with van der Waals surface area (Å²) in [4.78, 5) is 23.7. The van der Waals surface area contributed by atoms with E-state index < -0.39 is 12.1 Å². The summed E-state index contributed by atoms with van der Waals surface area (Å²) in [6.07, 6.45) is 0.0530. The van der Waals surface area contributed by atoms with E-state index in [1.807, 2.05) is 42.5 Å². The molecule has 0 heterocycles. The van der Waals surface area contributed by atoms with Gasteiger partial charge in [-0.25, -0.2) is 4.79 Å². The Bertz CT molecular complexity index is 941. The van der Waals surface area contributed by atoms with Crippen LogP contribution in [0.5, 0.6) is 0 Å². The van der Waals surface area contributed by atoms with Gasteiger partial charge < -0.3 is 16.4 Å². The molecule has 0 aliphatic carbocycles. The second-order valence-corrected chi connectivity index (χ2v) is 6.36. The Kier molecular flexibility index (Phi) is 5.39. The van der Waals surface area contributed by atoms with Crippen molar-refractivity contribution in [2.45, 2.75) is 12.5 Å². The highest BCUT2D eigenvalue weighted by Gasteiger charge is 2.17. The standard InChI is InChI=1S/C20H18ClN3O2/c21-16-8-5-14(6-9-16)18(24-20(22)26)12-19(25)23-17-10-7-13-3-1-2-4-15(13)11-17/h1-11,18H,12H2,(H,23,25)(H3,22,24,26)/t18-/m1/s1. The van der Waals surface area contributed by atoms with E-state index in [4.69, 9.17) is 17.3 Å². The lowest BCUT2D eigenvalue weighted by Gasteiger charge is -2.18. The van der Waals surface area contributed by atoms with Gasteiger partial charge in [0.15, 0.2) is 0 Å². The third kappa shape index (κ3) is 4.52. The molecule has 132 valence electrons. The van der Waals surface area contributed by atoms with Gasteiger partial charge in [0.05, 0.1) is 12.5 Å². The summed E-state index contributed by atoms with van der Waals surface area (Å²) in [6, 6.07) is 19.3. The minimum atomic E-state index is -0.691. The average Bonchev–Trinajstić information content (AvgIpc) is 2.61. The molecule has 3 amide bonds. The zero-order valence-corrected chi connectivity index (χ0v) is 14.7. The van der Waals surface area contributed by atoms with E-state index in [2.05, 4.69) is 10.6 Å². The molecule has 0 spiro atoms. The van der Waals surface area contributed by atoms with Gasteiger partial charge in [-0.2, -0.15) is 0 Å². The van der Waals surface area contributed by atoms with E-state index in [-0.39, 0.29) is 12.3 Å². The highest BCUT2D eigenvalue weighted by atomic mass is 35.5. The maximum atomic E-state index is 12.5. The van der Waals surface area contributed by atoms with E-state index in [0.717, 1.165) is 16.3 Å². The lowest BCUT2D eigenvalue weighted by Crippen LogP contribution is -2.35. The minimum Gasteiger partial charge on any atom is -0.352 e. The Balaban J connectivity index is 1.73. The molecule has 0 saturated heterocycles. The molecule has 0 aliphatic heterocycles. The van der Waals surface area contributed by atoms with Crippen molar-refractivity contribution in [3.8, 4) is 0 Å². The molecule has 3 aromatic carbocycles. The van der Waals surface area contributed by atoms with Crippen LogP contribution in [0.25, 0.3) is 10.8 Å². The Morgan fingerprint density at radius 3 is 2.35 bits per heavy atom. The number of carbonyl (C=O) groups is 2. The SMILES string of the molecule is NC(=O)N[C@H](CC(=O)Nc1ccc2ccccc2c1)c1ccc(Cl)cc1. The number of hydrogen-bond donors (Lipinski definition) is 3. The molecule has 1 atom stereocenters. The third-order valence-electron chi connectivity index (χ3n) is 4.01. The molecule has 0 unspecified atom stereocenters. The number of anilines is 1. The van der Waals surface area contributed by atoms with Crippen molar-refractivity contribution in [3.63, 3.8) is 0 Å². The van der Waals surface area contributed by atoms with Gasteiger partial charge in [0.25, 0.3) is 0 Å². The van der Waals surface area contributed by atoms with Crippen LogP contribution in [0.2, 0.25) is 5.02 Å². The van der Waals surface area contributed by atoms with Gasteiger partial charge in [-0.1, -0.05) is 54.1 Å². The predicted molar refractivity (Wildman–Crippen MR) is 104 cm³/mol. The third-order valence-corrected chi connectivity index (χ3v) is 4.26. The van der Waals surface area contributed by atoms with Crippen molar-refractivity contribution < 1.29 is 9.59 Å². The van der Waals surface area contributed by atoms with Gasteiger partial charge in [0, 0.05) is 10.7 Å². The van der Waals surface area contributed by atoms with Crippen molar-refractivity contribution in [2.24, 2.45) is 5.73 Å². The molecule has 0 saturated carbocycles. The van der Waals surface area contributed by atoms with Crippen molar-refractivity contribution in [1.82, 2.24) is 5.32 Å². The molecular formula is C20H18ClN3O2. The number of nitrogens with two attached hydrogens (primary N) is 1. The lowest BCUT2D eigenvalue weighted by molar-refractivity contribution is -0.116. The van der Waals surface area contributed by atoms with Crippen LogP contribution in [0.15, 0.2) is 66.7 Å². The van der Waals surface area contributed by atoms with Crippen LogP contribution < -0.4 is 16.4 Å². The number of primary amides is 1. The maximum Gasteiger partial charge on any atom is 0.312 e. The van der Waals surface area contributed by atoms with Gasteiger partial charge >= 0.3 is 6.03 Å². The molecule has 5 nitrogen and oxygen atoms in total. The predicted octanol–water partition coefficient (Wildman–Crippen LogP) is 4.23. The molecule has 0 radical (unpaired) electrons. The monoisotopic (exact) mass is 367 g/mol. The van der Waals surface area contributed by atoms with Crippen LogP contribution in [0, 0.1) is 0 Å². The van der Waals surface area contributed by atoms with Crippen LogP contribution in [0.1, 0.15) is 18.0 Å². The number of benzene rings is 3. The Morgan fingerprint density at radius 1 is 0.962 bits per heavy atom. The lowest BCUT2D eigenvalue weighted by atomic mass is 10.0. The first-order valence-corrected chi connectivity index (χ1v) is 8.49.